The summed E-state index contributed by atoms with van der Waals surface area (Å²) in [5, 5.41) is 0. The number of hydrogen-bond donors (Lipinski definition) is 1. The van der Waals surface area contributed by atoms with Gasteiger partial charge in [0, 0.05) is 13.1 Å². The minimum Gasteiger partial charge on any atom is -0.358 e. The SMILES string of the molecule is CC(C)CCCCCCCCCCN(CCCCCCCCCCC(C)C)C(=S)S. The summed E-state index contributed by atoms with van der Waals surface area (Å²) >= 11 is 9.82. The molecule has 0 saturated carbocycles. The maximum Gasteiger partial charge on any atom is 0.133 e. The molecule has 180 valence electrons. The number of nitrogens with zero attached hydrogens (tertiary/aromatic N) is 1. The highest BCUT2D eigenvalue weighted by atomic mass is 32.1. The Morgan fingerprint density at radius 3 is 1.07 bits per heavy atom. The molecule has 0 heterocycles. The smallest absolute Gasteiger partial charge is 0.133 e. The van der Waals surface area contributed by atoms with E-state index in [9.17, 15) is 0 Å². The quantitative estimate of drug-likeness (QED) is 0.0978. The van der Waals surface area contributed by atoms with Crippen molar-refractivity contribution in [3.63, 3.8) is 0 Å². The topological polar surface area (TPSA) is 3.24 Å². The summed E-state index contributed by atoms with van der Waals surface area (Å²) in [7, 11) is 0. The fourth-order valence-corrected chi connectivity index (χ4v) is 4.52. The molecule has 0 aromatic heterocycles. The van der Waals surface area contributed by atoms with Crippen molar-refractivity contribution in [2.24, 2.45) is 11.8 Å². The second kappa shape index (κ2) is 22.4. The largest absolute Gasteiger partial charge is 0.358 e. The van der Waals surface area contributed by atoms with E-state index in [1.807, 2.05) is 0 Å². The molecule has 0 aliphatic rings. The van der Waals surface area contributed by atoms with Crippen LogP contribution in [0.2, 0.25) is 0 Å². The van der Waals surface area contributed by atoms with Gasteiger partial charge in [0.05, 0.1) is 0 Å². The Morgan fingerprint density at radius 1 is 0.533 bits per heavy atom. The van der Waals surface area contributed by atoms with Crippen molar-refractivity contribution in [3.8, 4) is 0 Å². The second-order valence-electron chi connectivity index (χ2n) is 10.3. The fourth-order valence-electron chi connectivity index (χ4n) is 4.13. The van der Waals surface area contributed by atoms with Crippen LogP contribution in [0.5, 0.6) is 0 Å². The van der Waals surface area contributed by atoms with Gasteiger partial charge in [-0.05, 0) is 24.7 Å². The molecule has 0 amide bonds. The molecule has 0 saturated heterocycles. The minimum atomic E-state index is 0.797. The first-order valence-electron chi connectivity index (χ1n) is 13.4. The van der Waals surface area contributed by atoms with Gasteiger partial charge in [0.25, 0.3) is 0 Å². The molecule has 0 unspecified atom stereocenters. The van der Waals surface area contributed by atoms with Gasteiger partial charge in [-0.2, -0.15) is 0 Å². The Balaban J connectivity index is 3.47. The molecule has 30 heavy (non-hydrogen) atoms. The van der Waals surface area contributed by atoms with Crippen LogP contribution in [-0.2, 0) is 0 Å². The lowest BCUT2D eigenvalue weighted by atomic mass is 10.0. The minimum absolute atomic E-state index is 0.797. The molecule has 0 aromatic carbocycles. The van der Waals surface area contributed by atoms with Crippen molar-refractivity contribution >= 4 is 29.2 Å². The highest BCUT2D eigenvalue weighted by Gasteiger charge is 2.06. The maximum atomic E-state index is 5.36. The summed E-state index contributed by atoms with van der Waals surface area (Å²) in [5.74, 6) is 1.74. The van der Waals surface area contributed by atoms with Crippen LogP contribution in [0.3, 0.4) is 0 Å². The molecule has 0 aliphatic heterocycles. The van der Waals surface area contributed by atoms with Crippen LogP contribution < -0.4 is 0 Å². The van der Waals surface area contributed by atoms with Gasteiger partial charge >= 0.3 is 0 Å². The van der Waals surface area contributed by atoms with Gasteiger partial charge in [0.2, 0.25) is 0 Å². The van der Waals surface area contributed by atoms with Crippen LogP contribution in [-0.4, -0.2) is 22.3 Å². The highest BCUT2D eigenvalue weighted by Crippen LogP contribution is 2.15. The van der Waals surface area contributed by atoms with Crippen molar-refractivity contribution < 1.29 is 0 Å². The zero-order valence-corrected chi connectivity index (χ0v) is 22.8. The highest BCUT2D eigenvalue weighted by molar-refractivity contribution is 8.10. The molecule has 0 atom stereocenters. The molecular weight excluding hydrogens is 402 g/mol. The maximum absolute atomic E-state index is 5.36. The first-order valence-corrected chi connectivity index (χ1v) is 14.3. The molecule has 0 N–H and O–H groups in total. The monoisotopic (exact) mass is 457 g/mol. The normalized spacial score (nSPS) is 11.6. The van der Waals surface area contributed by atoms with Gasteiger partial charge in [0.15, 0.2) is 0 Å². The van der Waals surface area contributed by atoms with E-state index in [0.717, 1.165) is 29.2 Å². The van der Waals surface area contributed by atoms with Crippen molar-refractivity contribution in [2.45, 2.75) is 143 Å². The molecule has 0 spiro atoms. The molecule has 0 bridgehead atoms. The predicted molar refractivity (Wildman–Crippen MR) is 146 cm³/mol. The van der Waals surface area contributed by atoms with Crippen LogP contribution in [0.4, 0.5) is 0 Å². The Kier molecular flexibility index (Phi) is 22.6. The van der Waals surface area contributed by atoms with Gasteiger partial charge in [-0.25, -0.2) is 0 Å². The van der Waals surface area contributed by atoms with E-state index < -0.39 is 0 Å². The lowest BCUT2D eigenvalue weighted by Crippen LogP contribution is -2.28. The first kappa shape index (κ1) is 30.2. The lowest BCUT2D eigenvalue weighted by molar-refractivity contribution is 0.394. The van der Waals surface area contributed by atoms with Crippen LogP contribution in [0.1, 0.15) is 143 Å². The number of thiocarbonyl (C=S) groups is 1. The molecular formula is C27H55NS2. The summed E-state index contributed by atoms with van der Waals surface area (Å²) in [6.07, 6.45) is 25.0. The van der Waals surface area contributed by atoms with E-state index in [-0.39, 0.29) is 0 Å². The summed E-state index contributed by atoms with van der Waals surface area (Å²) in [5.41, 5.74) is 0. The van der Waals surface area contributed by atoms with E-state index in [2.05, 4.69) is 45.2 Å². The van der Waals surface area contributed by atoms with Gasteiger partial charge in [0.1, 0.15) is 4.32 Å². The Morgan fingerprint density at radius 2 is 0.800 bits per heavy atom. The average Bonchev–Trinajstić information content (AvgIpc) is 2.68. The summed E-state index contributed by atoms with van der Waals surface area (Å²) < 4.78 is 0.797. The summed E-state index contributed by atoms with van der Waals surface area (Å²) in [4.78, 5) is 2.33. The van der Waals surface area contributed by atoms with E-state index in [0.29, 0.717) is 0 Å². The van der Waals surface area contributed by atoms with E-state index in [1.54, 1.807) is 0 Å². The van der Waals surface area contributed by atoms with Crippen LogP contribution in [0.15, 0.2) is 0 Å². The Labute approximate surface area is 202 Å². The summed E-state index contributed by atoms with van der Waals surface area (Å²) in [6, 6.07) is 0. The number of rotatable bonds is 22. The van der Waals surface area contributed by atoms with Gasteiger partial charge in [-0.15, -0.1) is 12.6 Å². The third kappa shape index (κ3) is 22.9. The van der Waals surface area contributed by atoms with Crippen molar-refractivity contribution in [1.29, 1.82) is 0 Å². The average molecular weight is 458 g/mol. The molecule has 0 radical (unpaired) electrons. The van der Waals surface area contributed by atoms with Gasteiger partial charge in [-0.1, -0.05) is 143 Å². The number of hydrogen-bond acceptors (Lipinski definition) is 1. The van der Waals surface area contributed by atoms with Crippen LogP contribution in [0, 0.1) is 11.8 Å². The zero-order chi connectivity index (χ0) is 22.5. The Hall–Kier alpha value is 0.240. The molecule has 3 heteroatoms. The number of unbranched alkanes of at least 4 members (excludes halogenated alkanes) is 14. The first-order chi connectivity index (χ1) is 14.4. The van der Waals surface area contributed by atoms with Gasteiger partial charge < -0.3 is 4.90 Å². The molecule has 1 nitrogen and oxygen atoms in total. The van der Waals surface area contributed by atoms with Crippen LogP contribution in [0.25, 0.3) is 0 Å². The van der Waals surface area contributed by atoms with E-state index in [4.69, 9.17) is 12.2 Å². The second-order valence-corrected chi connectivity index (χ2v) is 11.4. The van der Waals surface area contributed by atoms with Crippen molar-refractivity contribution in [3.05, 3.63) is 0 Å². The number of thiol groups is 1. The third-order valence-corrected chi connectivity index (χ3v) is 6.73. The van der Waals surface area contributed by atoms with Gasteiger partial charge in [-0.3, -0.25) is 0 Å². The Bertz CT molecular complexity index is 340. The fraction of sp³-hybridized carbons (Fsp3) is 0.963. The standard InChI is InChI=1S/C27H55NS2/c1-25(2)21-17-13-9-5-7-11-15-19-23-28(27(29)30)24-20-16-12-8-6-10-14-18-22-26(3)4/h25-26H,5-24H2,1-4H3,(H,29,30). The van der Waals surface area contributed by atoms with Crippen LogP contribution >= 0.6 is 24.8 Å². The van der Waals surface area contributed by atoms with Crippen molar-refractivity contribution in [1.82, 2.24) is 4.90 Å². The van der Waals surface area contributed by atoms with Crippen molar-refractivity contribution in [2.75, 3.05) is 13.1 Å². The molecule has 0 aliphatic carbocycles. The predicted octanol–water partition coefficient (Wildman–Crippen LogP) is 9.84. The molecule has 0 aromatic rings. The van der Waals surface area contributed by atoms with E-state index >= 15 is 0 Å². The third-order valence-electron chi connectivity index (χ3n) is 6.19. The zero-order valence-electron chi connectivity index (χ0n) is 21.1. The summed E-state index contributed by atoms with van der Waals surface area (Å²) in [6.45, 7) is 11.5. The molecule has 0 rings (SSSR count). The van der Waals surface area contributed by atoms with E-state index in [1.165, 1.54) is 116 Å². The molecule has 0 fully saturated rings. The lowest BCUT2D eigenvalue weighted by Gasteiger charge is -2.22.